The van der Waals surface area contributed by atoms with Gasteiger partial charge in [-0.3, -0.25) is 67.5 Å². The Balaban J connectivity index is 2.49. The van der Waals surface area contributed by atoms with E-state index in [0.717, 1.165) is 6.92 Å². The normalized spacial score (nSPS) is 15.2. The molecule has 0 bridgehead atoms. The number of aromatic hydroxyl groups is 2. The summed E-state index contributed by atoms with van der Waals surface area (Å²) in [5.41, 5.74) is 46.0. The number of carbonyl (C=O) groups excluding carboxylic acids is 12. The van der Waals surface area contributed by atoms with E-state index in [0.29, 0.717) is 17.5 Å². The van der Waals surface area contributed by atoms with Gasteiger partial charge in [0.05, 0.1) is 18.6 Å². The molecule has 13 atom stereocenters. The monoisotopic (exact) mass is 1340 g/mol. The minimum atomic E-state index is -1.87. The van der Waals surface area contributed by atoms with Gasteiger partial charge in [-0.25, -0.2) is 0 Å². The highest BCUT2D eigenvalue weighted by Gasteiger charge is 2.39. The number of benzene rings is 2. The van der Waals surface area contributed by atoms with Gasteiger partial charge in [-0.1, -0.05) is 78.6 Å². The van der Waals surface area contributed by atoms with Crippen molar-refractivity contribution in [1.82, 2.24) is 47.9 Å². The number of primary amides is 3. The Morgan fingerprint density at radius 1 is 0.432 bits per heavy atom. The van der Waals surface area contributed by atoms with Crippen LogP contribution in [0.15, 0.2) is 58.5 Å². The Labute approximate surface area is 551 Å². The Bertz CT molecular complexity index is 2980. The van der Waals surface area contributed by atoms with E-state index in [2.05, 4.69) is 57.8 Å². The third-order valence-corrected chi connectivity index (χ3v) is 15.3. The number of nitrogens with two attached hydrogens (primary N) is 8. The minimum Gasteiger partial charge on any atom is -0.508 e. The first-order valence-electron chi connectivity index (χ1n) is 31.3. The lowest BCUT2D eigenvalue weighted by molar-refractivity contribution is -0.138. The smallest absolute Gasteiger partial charge is 0.245 e. The summed E-state index contributed by atoms with van der Waals surface area (Å²) in [4.78, 5) is 172. The number of nitrogens with one attached hydrogen (secondary N) is 9. The largest absolute Gasteiger partial charge is 0.508 e. The Kier molecular flexibility index (Phi) is 35.0. The minimum absolute atomic E-state index is 0.00262. The molecule has 95 heavy (non-hydrogen) atoms. The van der Waals surface area contributed by atoms with Crippen LogP contribution in [0.25, 0.3) is 0 Å². The quantitative estimate of drug-likeness (QED) is 0.0168. The third kappa shape index (κ3) is 30.2. The van der Waals surface area contributed by atoms with Crippen LogP contribution in [0, 0.1) is 17.8 Å². The number of hydrogen-bond donors (Lipinski definition) is 20. The average Bonchev–Trinajstić information content (AvgIpc) is 0.886. The van der Waals surface area contributed by atoms with Crippen LogP contribution in [-0.2, 0) is 70.4 Å². The molecule has 528 valence electrons. The van der Waals surface area contributed by atoms with Crippen LogP contribution in [0.2, 0.25) is 0 Å². The third-order valence-electron chi connectivity index (χ3n) is 15.3. The van der Waals surface area contributed by atoms with Crippen molar-refractivity contribution < 1.29 is 72.9 Å². The van der Waals surface area contributed by atoms with Gasteiger partial charge in [0.25, 0.3) is 0 Å². The van der Waals surface area contributed by atoms with Crippen molar-refractivity contribution in [2.45, 2.75) is 192 Å². The molecular weight excluding hydrogens is 1240 g/mol. The van der Waals surface area contributed by atoms with E-state index in [9.17, 15) is 72.9 Å². The summed E-state index contributed by atoms with van der Waals surface area (Å²) in [6.45, 7) is 11.2. The van der Waals surface area contributed by atoms with E-state index >= 15 is 0 Å². The molecule has 12 amide bonds. The number of phenols is 2. The number of rotatable bonds is 43. The standard InChI is InChI=1S/C61H99N19O15/c1-8-31(5)47(78-51(87)38(62)27-34-14-18-36(82)19-15-34)57(93)77-44(29-46(64)85)55(91)76-43(26-30(3)4)56(92)79-48(32(6)9-2)58(94)80-49(33(7)81)59(95)74-40(13-11-25-71-61(68)69)52(88)73-41(22-23-45(63)84)54(90)72-39(12-10-24-70-60(66)67)53(89)75-42(50(65)86)28-35-16-20-37(83)21-17-35/h14-21,30-33,38-44,47-49,81-83H,8-13,22-29,62H2,1-7H3,(H2,63,84)(H2,64,85)(H2,65,86)(H,72,90)(H,73,88)(H,74,95)(H,75,89)(H,76,91)(H,77,93)(H,78,87)(H,79,92)(H,80,94)(H4,66,67,70)(H4,68,69,71)/t31-,32-,33-,38+,39+,40-,41-,42+,43-,44-,47-,48-,49+/m1/s1. The predicted octanol–water partition coefficient (Wildman–Crippen LogP) is -5.17. The van der Waals surface area contributed by atoms with Crippen molar-refractivity contribution in [2.24, 2.45) is 73.6 Å². The lowest BCUT2D eigenvalue weighted by Crippen LogP contribution is -2.63. The number of amides is 12. The fourth-order valence-corrected chi connectivity index (χ4v) is 9.46. The summed E-state index contributed by atoms with van der Waals surface area (Å²) in [5, 5.41) is 53.2. The van der Waals surface area contributed by atoms with Crippen molar-refractivity contribution in [3.8, 4) is 11.5 Å². The second kappa shape index (κ2) is 41.0. The molecular formula is C61H99N19O15. The van der Waals surface area contributed by atoms with Crippen molar-refractivity contribution in [3.05, 3.63) is 59.7 Å². The summed E-state index contributed by atoms with van der Waals surface area (Å²) in [5.74, 6) is -13.8. The lowest BCUT2D eigenvalue weighted by atomic mass is 9.95. The van der Waals surface area contributed by atoms with E-state index < -0.39 is 169 Å². The molecule has 0 unspecified atom stereocenters. The van der Waals surface area contributed by atoms with Crippen molar-refractivity contribution in [1.29, 1.82) is 0 Å². The molecule has 0 fully saturated rings. The zero-order valence-electron chi connectivity index (χ0n) is 54.9. The number of aliphatic hydroxyl groups excluding tert-OH is 1. The molecule has 0 aliphatic carbocycles. The summed E-state index contributed by atoms with van der Waals surface area (Å²) >= 11 is 0. The first kappa shape index (κ1) is 81.2. The van der Waals surface area contributed by atoms with Crippen LogP contribution in [0.3, 0.4) is 0 Å². The maximum atomic E-state index is 14.4. The molecule has 0 saturated heterocycles. The molecule has 0 saturated carbocycles. The maximum absolute atomic E-state index is 14.4. The molecule has 34 nitrogen and oxygen atoms in total. The summed E-state index contributed by atoms with van der Waals surface area (Å²) in [6.07, 6.45) is -3.34. The fourth-order valence-electron chi connectivity index (χ4n) is 9.46. The zero-order chi connectivity index (χ0) is 71.8. The zero-order valence-corrected chi connectivity index (χ0v) is 54.9. The van der Waals surface area contributed by atoms with Gasteiger partial charge in [0.15, 0.2) is 11.9 Å². The molecule has 0 aromatic heterocycles. The molecule has 0 radical (unpaired) electrons. The highest BCUT2D eigenvalue weighted by Crippen LogP contribution is 2.17. The number of hydrogen-bond acceptors (Lipinski definition) is 18. The number of aliphatic imine (C=N–C) groups is 2. The predicted molar refractivity (Wildman–Crippen MR) is 350 cm³/mol. The van der Waals surface area contributed by atoms with Crippen molar-refractivity contribution in [2.75, 3.05) is 13.1 Å². The van der Waals surface area contributed by atoms with Gasteiger partial charge in [-0.05, 0) is 105 Å². The number of carbonyl (C=O) groups is 12. The molecule has 0 heterocycles. The lowest BCUT2D eigenvalue weighted by Gasteiger charge is -2.31. The Morgan fingerprint density at radius 2 is 0.789 bits per heavy atom. The van der Waals surface area contributed by atoms with Gasteiger partial charge in [-0.2, -0.15) is 0 Å². The molecule has 0 spiro atoms. The van der Waals surface area contributed by atoms with Crippen LogP contribution in [0.4, 0.5) is 0 Å². The molecule has 2 aromatic carbocycles. The fraction of sp³-hybridized carbons (Fsp3) is 0.574. The molecule has 2 rings (SSSR count). The van der Waals surface area contributed by atoms with Gasteiger partial charge in [-0.15, -0.1) is 0 Å². The van der Waals surface area contributed by atoms with Crippen LogP contribution >= 0.6 is 0 Å². The second-order valence-corrected chi connectivity index (χ2v) is 23.8. The number of phenolic OH excluding ortho intramolecular Hbond substituents is 2. The van der Waals surface area contributed by atoms with E-state index in [-0.39, 0.29) is 93.8 Å². The number of guanidine groups is 2. The van der Waals surface area contributed by atoms with Crippen LogP contribution < -0.4 is 93.7 Å². The highest BCUT2D eigenvalue weighted by molar-refractivity contribution is 6.00. The van der Waals surface area contributed by atoms with Crippen LogP contribution in [0.1, 0.15) is 124 Å². The van der Waals surface area contributed by atoms with Crippen molar-refractivity contribution in [3.63, 3.8) is 0 Å². The molecule has 28 N–H and O–H groups in total. The Morgan fingerprint density at radius 3 is 1.20 bits per heavy atom. The van der Waals surface area contributed by atoms with Gasteiger partial charge >= 0.3 is 0 Å². The van der Waals surface area contributed by atoms with E-state index in [1.807, 2.05) is 0 Å². The molecule has 2 aromatic rings. The van der Waals surface area contributed by atoms with E-state index in [1.54, 1.807) is 53.7 Å². The number of aliphatic hydroxyl groups is 1. The van der Waals surface area contributed by atoms with Crippen molar-refractivity contribution >= 4 is 82.8 Å². The van der Waals surface area contributed by atoms with Gasteiger partial charge in [0.1, 0.15) is 65.9 Å². The Hall–Kier alpha value is -9.86. The van der Waals surface area contributed by atoms with Gasteiger partial charge in [0.2, 0.25) is 70.9 Å². The highest BCUT2D eigenvalue weighted by atomic mass is 16.3. The molecule has 0 aliphatic rings. The SMILES string of the molecule is CC[C@@H](C)[C@@H](NC(=O)[C@@H](N)Cc1ccc(O)cc1)C(=O)N[C@H](CC(N)=O)C(=O)N[C@H](CC(C)C)C(=O)N[C@@H](C(=O)N[C@H](C(=O)N[C@H](CCCN=C(N)N)C(=O)N[C@H](CCC(N)=O)C(=O)N[C@@H](CCCN=C(N)N)C(=O)N[C@@H](Cc1ccc(O)cc1)C(N)=O)[C@@H](C)O)[C@H](C)CC. The van der Waals surface area contributed by atoms with Gasteiger partial charge in [0, 0.05) is 25.9 Å². The van der Waals surface area contributed by atoms with Gasteiger partial charge < -0.3 is 109 Å². The van der Waals surface area contributed by atoms with Crippen LogP contribution in [0.5, 0.6) is 11.5 Å². The van der Waals surface area contributed by atoms with E-state index in [1.165, 1.54) is 36.4 Å². The molecule has 34 heteroatoms. The van der Waals surface area contributed by atoms with Crippen LogP contribution in [-0.4, -0.2) is 178 Å². The maximum Gasteiger partial charge on any atom is 0.245 e. The summed E-state index contributed by atoms with van der Waals surface area (Å²) in [7, 11) is 0. The first-order valence-corrected chi connectivity index (χ1v) is 31.3. The second-order valence-electron chi connectivity index (χ2n) is 23.8. The molecule has 0 aliphatic heterocycles. The topological polar surface area (TPSA) is 607 Å². The number of nitrogens with zero attached hydrogens (tertiary/aromatic N) is 2. The average molecular weight is 1340 g/mol. The first-order chi connectivity index (χ1) is 44.6. The summed E-state index contributed by atoms with van der Waals surface area (Å²) < 4.78 is 0. The summed E-state index contributed by atoms with van der Waals surface area (Å²) in [6, 6.07) is -3.30. The van der Waals surface area contributed by atoms with E-state index in [4.69, 9.17) is 45.9 Å².